The molecule has 0 aliphatic heterocycles. The Bertz CT molecular complexity index is 626. The molecule has 0 radical (unpaired) electrons. The van der Waals surface area contributed by atoms with E-state index in [-0.39, 0.29) is 19.0 Å². The van der Waals surface area contributed by atoms with E-state index in [0.29, 0.717) is 17.7 Å². The fraction of sp³-hybridized carbons (Fsp3) is 0.176. The maximum atomic E-state index is 13.5. The number of rotatable bonds is 4. The van der Waals surface area contributed by atoms with Crippen molar-refractivity contribution < 1.29 is 14.2 Å². The van der Waals surface area contributed by atoms with Gasteiger partial charge in [-0.05, 0) is 18.2 Å². The highest BCUT2D eigenvalue weighted by molar-refractivity contribution is 5.45. The Balaban J connectivity index is 2.10. The van der Waals surface area contributed by atoms with Crippen molar-refractivity contribution in [1.29, 1.82) is 0 Å². The number of benzene rings is 2. The van der Waals surface area contributed by atoms with E-state index in [9.17, 15) is 4.39 Å². The Kier molecular flexibility index (Phi) is 5.16. The number of ether oxygens (including phenoxy) is 1. The van der Waals surface area contributed by atoms with E-state index in [1.54, 1.807) is 24.3 Å². The third kappa shape index (κ3) is 3.84. The lowest BCUT2D eigenvalue weighted by Crippen LogP contribution is -1.99. The molecular formula is C17H15FO2. The van der Waals surface area contributed by atoms with Crippen LogP contribution in [0, 0.1) is 17.7 Å². The second-order valence-corrected chi connectivity index (χ2v) is 4.15. The van der Waals surface area contributed by atoms with Crippen LogP contribution in [0.3, 0.4) is 0 Å². The molecule has 0 aliphatic rings. The van der Waals surface area contributed by atoms with Crippen LogP contribution in [0.15, 0.2) is 48.5 Å². The van der Waals surface area contributed by atoms with Crippen molar-refractivity contribution in [1.82, 2.24) is 0 Å². The van der Waals surface area contributed by atoms with E-state index in [2.05, 4.69) is 11.8 Å². The van der Waals surface area contributed by atoms with Crippen molar-refractivity contribution in [3.05, 3.63) is 65.5 Å². The highest BCUT2D eigenvalue weighted by atomic mass is 19.1. The molecule has 0 saturated heterocycles. The third-order valence-electron chi connectivity index (χ3n) is 2.69. The van der Waals surface area contributed by atoms with E-state index >= 15 is 0 Å². The molecule has 2 aromatic carbocycles. The predicted molar refractivity (Wildman–Crippen MR) is 75.8 cm³/mol. The van der Waals surface area contributed by atoms with Crippen molar-refractivity contribution in [3.8, 4) is 17.6 Å². The molecule has 0 aromatic heterocycles. The molecule has 0 amide bonds. The first-order valence-electron chi connectivity index (χ1n) is 6.36. The quantitative estimate of drug-likeness (QED) is 0.865. The highest BCUT2D eigenvalue weighted by Crippen LogP contribution is 2.19. The molecule has 1 N–H and O–H groups in total. The van der Waals surface area contributed by atoms with Gasteiger partial charge >= 0.3 is 0 Å². The zero-order valence-electron chi connectivity index (χ0n) is 11.0. The first kappa shape index (κ1) is 14.1. The third-order valence-corrected chi connectivity index (χ3v) is 2.69. The van der Waals surface area contributed by atoms with Crippen LogP contribution < -0.4 is 4.74 Å². The fourth-order valence-electron chi connectivity index (χ4n) is 1.68. The Morgan fingerprint density at radius 2 is 1.80 bits per heavy atom. The van der Waals surface area contributed by atoms with Crippen LogP contribution >= 0.6 is 0 Å². The first-order valence-corrected chi connectivity index (χ1v) is 6.36. The highest BCUT2D eigenvalue weighted by Gasteiger charge is 2.04. The van der Waals surface area contributed by atoms with E-state index in [0.717, 1.165) is 5.56 Å². The summed E-state index contributed by atoms with van der Waals surface area (Å²) in [5.41, 5.74) is 1.24. The Labute approximate surface area is 117 Å². The van der Waals surface area contributed by atoms with E-state index in [4.69, 9.17) is 9.84 Å². The molecule has 0 bridgehead atoms. The van der Waals surface area contributed by atoms with Crippen LogP contribution in [0.5, 0.6) is 5.75 Å². The number of aliphatic hydroxyl groups excluding tert-OH is 1. The summed E-state index contributed by atoms with van der Waals surface area (Å²) in [4.78, 5) is 0. The molecule has 3 heteroatoms. The van der Waals surface area contributed by atoms with Crippen molar-refractivity contribution in [2.75, 3.05) is 6.61 Å². The minimum absolute atomic E-state index is 0.0330. The van der Waals surface area contributed by atoms with E-state index < -0.39 is 0 Å². The van der Waals surface area contributed by atoms with Gasteiger partial charge in [-0.2, -0.15) is 0 Å². The van der Waals surface area contributed by atoms with Crippen molar-refractivity contribution in [2.45, 2.75) is 13.0 Å². The molecule has 0 unspecified atom stereocenters. The van der Waals surface area contributed by atoms with Crippen LogP contribution in [0.25, 0.3) is 0 Å². The molecule has 20 heavy (non-hydrogen) atoms. The molecule has 0 spiro atoms. The average Bonchev–Trinajstić information content (AvgIpc) is 2.48. The molecule has 0 aliphatic carbocycles. The molecule has 0 atom stereocenters. The van der Waals surface area contributed by atoms with Gasteiger partial charge in [-0.25, -0.2) is 4.39 Å². The summed E-state index contributed by atoms with van der Waals surface area (Å²) in [6.45, 7) is 0.191. The molecule has 0 heterocycles. The fourth-order valence-corrected chi connectivity index (χ4v) is 1.68. The zero-order chi connectivity index (χ0) is 14.2. The zero-order valence-corrected chi connectivity index (χ0v) is 11.0. The molecule has 0 fully saturated rings. The molecule has 102 valence electrons. The molecular weight excluding hydrogens is 255 g/mol. The van der Waals surface area contributed by atoms with Crippen molar-refractivity contribution in [3.63, 3.8) is 0 Å². The van der Waals surface area contributed by atoms with Gasteiger partial charge in [0.05, 0.1) is 12.2 Å². The summed E-state index contributed by atoms with van der Waals surface area (Å²) in [6.07, 6.45) is 0.418. The van der Waals surface area contributed by atoms with Crippen LogP contribution in [-0.2, 0) is 6.61 Å². The van der Waals surface area contributed by atoms with E-state index in [1.165, 1.54) is 6.07 Å². The Morgan fingerprint density at radius 3 is 2.60 bits per heavy atom. The molecule has 2 rings (SSSR count). The number of halogens is 1. The number of para-hydroxylation sites is 1. The van der Waals surface area contributed by atoms with Crippen LogP contribution in [-0.4, -0.2) is 11.7 Å². The summed E-state index contributed by atoms with van der Waals surface area (Å²) in [6, 6.07) is 13.8. The van der Waals surface area contributed by atoms with Gasteiger partial charge in [0.2, 0.25) is 0 Å². The van der Waals surface area contributed by atoms with Gasteiger partial charge in [-0.15, -0.1) is 0 Å². The predicted octanol–water partition coefficient (Wildman–Crippen LogP) is 3.14. The molecule has 0 saturated carbocycles. The number of hydrogen-bond donors (Lipinski definition) is 1. The monoisotopic (exact) mass is 270 g/mol. The van der Waals surface area contributed by atoms with Gasteiger partial charge in [0.15, 0.2) is 0 Å². The van der Waals surface area contributed by atoms with E-state index in [1.807, 2.05) is 18.2 Å². The smallest absolute Gasteiger partial charge is 0.135 e. The lowest BCUT2D eigenvalue weighted by atomic mass is 10.2. The topological polar surface area (TPSA) is 29.5 Å². The summed E-state index contributed by atoms with van der Waals surface area (Å²) in [5.74, 6) is 6.11. The molecule has 2 aromatic rings. The van der Waals surface area contributed by atoms with Gasteiger partial charge in [-0.1, -0.05) is 42.2 Å². The Hall–Kier alpha value is -2.31. The maximum absolute atomic E-state index is 13.5. The first-order chi connectivity index (χ1) is 9.81. The van der Waals surface area contributed by atoms with Gasteiger partial charge < -0.3 is 9.84 Å². The average molecular weight is 270 g/mol. The summed E-state index contributed by atoms with van der Waals surface area (Å²) < 4.78 is 19.1. The van der Waals surface area contributed by atoms with Crippen molar-refractivity contribution in [2.24, 2.45) is 0 Å². The lowest BCUT2D eigenvalue weighted by Gasteiger charge is -2.08. The second-order valence-electron chi connectivity index (χ2n) is 4.15. The van der Waals surface area contributed by atoms with Crippen LogP contribution in [0.2, 0.25) is 0 Å². The maximum Gasteiger partial charge on any atom is 0.135 e. The van der Waals surface area contributed by atoms with Crippen molar-refractivity contribution >= 4 is 0 Å². The minimum Gasteiger partial charge on any atom is -0.487 e. The molecule has 2 nitrogen and oxygen atoms in total. The SMILES string of the molecule is OCCC#Cc1ccccc1OCc1ccccc1F. The number of aliphatic hydroxyl groups is 1. The van der Waals surface area contributed by atoms with Crippen LogP contribution in [0.4, 0.5) is 4.39 Å². The summed E-state index contributed by atoms with van der Waals surface area (Å²) >= 11 is 0. The van der Waals surface area contributed by atoms with Gasteiger partial charge in [0, 0.05) is 12.0 Å². The number of hydrogen-bond acceptors (Lipinski definition) is 2. The summed E-state index contributed by atoms with van der Waals surface area (Å²) in [5, 5.41) is 8.72. The van der Waals surface area contributed by atoms with Gasteiger partial charge in [0.1, 0.15) is 18.2 Å². The Morgan fingerprint density at radius 1 is 1.05 bits per heavy atom. The van der Waals surface area contributed by atoms with Crippen LogP contribution in [0.1, 0.15) is 17.5 Å². The largest absolute Gasteiger partial charge is 0.487 e. The lowest BCUT2D eigenvalue weighted by molar-refractivity contribution is 0.299. The van der Waals surface area contributed by atoms with Gasteiger partial charge in [0.25, 0.3) is 0 Å². The standard InChI is InChI=1S/C17H15FO2/c18-16-10-3-1-9-15(16)13-20-17-11-4-2-7-14(17)8-5-6-12-19/h1-4,7,9-11,19H,6,12-13H2. The minimum atomic E-state index is -0.281. The second kappa shape index (κ2) is 7.32. The van der Waals surface area contributed by atoms with Gasteiger partial charge in [-0.3, -0.25) is 0 Å². The normalized spacial score (nSPS) is 9.70. The summed E-state index contributed by atoms with van der Waals surface area (Å²) in [7, 11) is 0.